The minimum absolute atomic E-state index is 0.00291. The molecule has 0 radical (unpaired) electrons. The van der Waals surface area contributed by atoms with E-state index in [-0.39, 0.29) is 18.2 Å². The number of carbonyl (C=O) groups is 1. The molecule has 0 bridgehead atoms. The van der Waals surface area contributed by atoms with Crippen molar-refractivity contribution >= 4 is 26.8 Å². The summed E-state index contributed by atoms with van der Waals surface area (Å²) >= 11 is 0. The Morgan fingerprint density at radius 1 is 0.969 bits per heavy atom. The number of benzene rings is 3. The lowest BCUT2D eigenvalue weighted by atomic mass is 10.0. The Morgan fingerprint density at radius 3 is 2.44 bits per heavy atom. The SMILES string of the molecule is Cc1cccc(-c2cccc(CNC(=O)Cn3c(CS(C)(=O)=O)nc4ccccc43)c2)c1. The molecule has 6 nitrogen and oxygen atoms in total. The minimum Gasteiger partial charge on any atom is -0.350 e. The van der Waals surface area contributed by atoms with Crippen LogP contribution in [0.5, 0.6) is 0 Å². The topological polar surface area (TPSA) is 81.1 Å². The molecule has 7 heteroatoms. The molecule has 0 spiro atoms. The van der Waals surface area contributed by atoms with Gasteiger partial charge in [-0.05, 0) is 41.8 Å². The Balaban J connectivity index is 1.50. The van der Waals surface area contributed by atoms with E-state index in [1.54, 1.807) is 4.57 Å². The van der Waals surface area contributed by atoms with Crippen LogP contribution in [0.2, 0.25) is 0 Å². The van der Waals surface area contributed by atoms with Gasteiger partial charge in [-0.15, -0.1) is 0 Å². The van der Waals surface area contributed by atoms with Crippen molar-refractivity contribution < 1.29 is 13.2 Å². The normalized spacial score (nSPS) is 11.6. The fourth-order valence-electron chi connectivity index (χ4n) is 3.73. The van der Waals surface area contributed by atoms with Crippen LogP contribution in [0, 0.1) is 6.92 Å². The molecule has 4 rings (SSSR count). The van der Waals surface area contributed by atoms with Crippen molar-refractivity contribution in [1.29, 1.82) is 0 Å². The van der Waals surface area contributed by atoms with Gasteiger partial charge >= 0.3 is 0 Å². The van der Waals surface area contributed by atoms with E-state index in [0.717, 1.165) is 28.5 Å². The molecule has 0 aliphatic rings. The van der Waals surface area contributed by atoms with Gasteiger partial charge in [0.2, 0.25) is 5.91 Å². The number of carbonyl (C=O) groups excluding carboxylic acids is 1. The van der Waals surface area contributed by atoms with E-state index in [9.17, 15) is 13.2 Å². The van der Waals surface area contributed by atoms with Crippen LogP contribution in [-0.4, -0.2) is 30.1 Å². The number of para-hydroxylation sites is 2. The average Bonchev–Trinajstić information content (AvgIpc) is 3.08. The van der Waals surface area contributed by atoms with Gasteiger partial charge in [0.25, 0.3) is 0 Å². The van der Waals surface area contributed by atoms with Crippen molar-refractivity contribution in [2.45, 2.75) is 25.8 Å². The first-order valence-corrected chi connectivity index (χ1v) is 12.4. The van der Waals surface area contributed by atoms with Gasteiger partial charge < -0.3 is 9.88 Å². The smallest absolute Gasteiger partial charge is 0.240 e. The zero-order valence-electron chi connectivity index (χ0n) is 18.1. The molecule has 1 heterocycles. The van der Waals surface area contributed by atoms with E-state index in [0.29, 0.717) is 17.9 Å². The fourth-order valence-corrected chi connectivity index (χ4v) is 4.42. The number of amides is 1. The van der Waals surface area contributed by atoms with Gasteiger partial charge in [-0.25, -0.2) is 13.4 Å². The second-order valence-electron chi connectivity index (χ2n) is 8.02. The molecule has 0 saturated heterocycles. The van der Waals surface area contributed by atoms with Crippen LogP contribution in [0.1, 0.15) is 17.0 Å². The maximum atomic E-state index is 12.7. The summed E-state index contributed by atoms with van der Waals surface area (Å²) in [4.78, 5) is 17.2. The van der Waals surface area contributed by atoms with Crippen LogP contribution in [0.25, 0.3) is 22.2 Å². The van der Waals surface area contributed by atoms with Crippen molar-refractivity contribution in [3.8, 4) is 11.1 Å². The van der Waals surface area contributed by atoms with Crippen LogP contribution in [0.4, 0.5) is 0 Å². The first-order chi connectivity index (χ1) is 15.3. The zero-order valence-corrected chi connectivity index (χ0v) is 18.9. The quantitative estimate of drug-likeness (QED) is 0.466. The number of aryl methyl sites for hydroxylation is 1. The van der Waals surface area contributed by atoms with Gasteiger partial charge in [0.05, 0.1) is 11.0 Å². The molecule has 0 aliphatic carbocycles. The van der Waals surface area contributed by atoms with Gasteiger partial charge in [0.15, 0.2) is 9.84 Å². The zero-order chi connectivity index (χ0) is 22.7. The van der Waals surface area contributed by atoms with Crippen LogP contribution in [0.15, 0.2) is 72.8 Å². The van der Waals surface area contributed by atoms with E-state index in [2.05, 4.69) is 47.6 Å². The van der Waals surface area contributed by atoms with E-state index in [4.69, 9.17) is 0 Å². The Hall–Kier alpha value is -3.45. The second kappa shape index (κ2) is 8.96. The number of sulfone groups is 1. The number of aromatic nitrogens is 2. The highest BCUT2D eigenvalue weighted by Gasteiger charge is 2.17. The highest BCUT2D eigenvalue weighted by atomic mass is 32.2. The summed E-state index contributed by atoms with van der Waals surface area (Å²) < 4.78 is 25.4. The van der Waals surface area contributed by atoms with Crippen molar-refractivity contribution in [2.24, 2.45) is 0 Å². The first-order valence-electron chi connectivity index (χ1n) is 10.3. The summed E-state index contributed by atoms with van der Waals surface area (Å²) in [6.45, 7) is 2.45. The lowest BCUT2D eigenvalue weighted by Gasteiger charge is -2.11. The largest absolute Gasteiger partial charge is 0.350 e. The van der Waals surface area contributed by atoms with Crippen molar-refractivity contribution in [2.75, 3.05) is 6.26 Å². The number of fused-ring (bicyclic) bond motifs is 1. The van der Waals surface area contributed by atoms with Gasteiger partial charge in [0.1, 0.15) is 18.1 Å². The number of hydrogen-bond acceptors (Lipinski definition) is 4. The maximum absolute atomic E-state index is 12.7. The van der Waals surface area contributed by atoms with Gasteiger partial charge in [-0.1, -0.05) is 60.2 Å². The fraction of sp³-hybridized carbons (Fsp3) is 0.200. The molecule has 0 aliphatic heterocycles. The maximum Gasteiger partial charge on any atom is 0.240 e. The third-order valence-corrected chi connectivity index (χ3v) is 5.98. The molecule has 4 aromatic rings. The average molecular weight is 448 g/mol. The lowest BCUT2D eigenvalue weighted by Crippen LogP contribution is -2.28. The Labute approximate surface area is 187 Å². The molecule has 0 fully saturated rings. The molecule has 3 aromatic carbocycles. The Bertz CT molecular complexity index is 1390. The summed E-state index contributed by atoms with van der Waals surface area (Å²) in [5.41, 5.74) is 5.82. The number of imidazole rings is 1. The number of nitrogens with one attached hydrogen (secondary N) is 1. The monoisotopic (exact) mass is 447 g/mol. The summed E-state index contributed by atoms with van der Waals surface area (Å²) in [7, 11) is -3.29. The molecule has 1 aromatic heterocycles. The molecule has 1 amide bonds. The van der Waals surface area contributed by atoms with Crippen molar-refractivity contribution in [3.63, 3.8) is 0 Å². The summed E-state index contributed by atoms with van der Waals surface area (Å²) in [5.74, 6) is -0.0535. The summed E-state index contributed by atoms with van der Waals surface area (Å²) in [6.07, 6.45) is 1.16. The van der Waals surface area contributed by atoms with Crippen LogP contribution >= 0.6 is 0 Å². The van der Waals surface area contributed by atoms with E-state index < -0.39 is 9.84 Å². The predicted molar refractivity (Wildman–Crippen MR) is 127 cm³/mol. The molecular formula is C25H25N3O3S. The van der Waals surface area contributed by atoms with Crippen molar-refractivity contribution in [3.05, 3.63) is 89.7 Å². The molecule has 0 atom stereocenters. The molecule has 164 valence electrons. The standard InChI is InChI=1S/C25H25N3O3S/c1-18-7-5-9-20(13-18)21-10-6-8-19(14-21)15-26-25(29)16-28-23-12-4-3-11-22(23)27-24(28)17-32(2,30)31/h3-14H,15-17H2,1-2H3,(H,26,29). The van der Waals surface area contributed by atoms with Gasteiger partial charge in [-0.3, -0.25) is 4.79 Å². The molecule has 1 N–H and O–H groups in total. The molecule has 0 saturated carbocycles. The van der Waals surface area contributed by atoms with Gasteiger partial charge in [-0.2, -0.15) is 0 Å². The van der Waals surface area contributed by atoms with E-state index >= 15 is 0 Å². The van der Waals surface area contributed by atoms with Crippen LogP contribution in [0.3, 0.4) is 0 Å². The Morgan fingerprint density at radius 2 is 1.69 bits per heavy atom. The highest BCUT2D eigenvalue weighted by Crippen LogP contribution is 2.22. The predicted octanol–water partition coefficient (Wildman–Crippen LogP) is 3.87. The first kappa shape index (κ1) is 21.8. The number of rotatable bonds is 7. The third kappa shape index (κ3) is 5.23. The number of nitrogens with zero attached hydrogens (tertiary/aromatic N) is 2. The summed E-state index contributed by atoms with van der Waals surface area (Å²) in [5, 5.41) is 2.95. The van der Waals surface area contributed by atoms with Crippen LogP contribution < -0.4 is 5.32 Å². The van der Waals surface area contributed by atoms with E-state index in [1.807, 2.05) is 42.5 Å². The number of hydrogen-bond donors (Lipinski definition) is 1. The lowest BCUT2D eigenvalue weighted by molar-refractivity contribution is -0.121. The van der Waals surface area contributed by atoms with Crippen molar-refractivity contribution in [1.82, 2.24) is 14.9 Å². The minimum atomic E-state index is -3.29. The highest BCUT2D eigenvalue weighted by molar-refractivity contribution is 7.89. The van der Waals surface area contributed by atoms with Gasteiger partial charge in [0, 0.05) is 12.8 Å². The molecule has 0 unspecified atom stereocenters. The third-order valence-electron chi connectivity index (χ3n) is 5.19. The van der Waals surface area contributed by atoms with E-state index in [1.165, 1.54) is 5.56 Å². The van der Waals surface area contributed by atoms with Crippen LogP contribution in [-0.2, 0) is 33.5 Å². The Kier molecular flexibility index (Phi) is 6.10. The molecular weight excluding hydrogens is 422 g/mol. The molecule has 32 heavy (non-hydrogen) atoms. The second-order valence-corrected chi connectivity index (χ2v) is 10.2. The summed E-state index contributed by atoms with van der Waals surface area (Å²) in [6, 6.07) is 23.7.